The summed E-state index contributed by atoms with van der Waals surface area (Å²) in [5.74, 6) is 1.89. The number of piperidine rings is 1. The molecular formula is C25H29NO5. The summed E-state index contributed by atoms with van der Waals surface area (Å²) in [6.45, 7) is 5.77. The molecule has 0 bridgehead atoms. The van der Waals surface area contributed by atoms with E-state index >= 15 is 0 Å². The van der Waals surface area contributed by atoms with Gasteiger partial charge in [0.2, 0.25) is 0 Å². The van der Waals surface area contributed by atoms with E-state index in [4.69, 9.17) is 18.6 Å². The Morgan fingerprint density at radius 1 is 0.968 bits per heavy atom. The van der Waals surface area contributed by atoms with Gasteiger partial charge in [0.05, 0.1) is 19.8 Å². The molecule has 0 saturated carbocycles. The van der Waals surface area contributed by atoms with Crippen molar-refractivity contribution in [2.75, 3.05) is 40.5 Å². The molecule has 1 aliphatic rings. The maximum absolute atomic E-state index is 12.9. The molecule has 2 heterocycles. The van der Waals surface area contributed by atoms with Gasteiger partial charge >= 0.3 is 5.63 Å². The lowest BCUT2D eigenvalue weighted by atomic mass is 9.99. The molecule has 6 nitrogen and oxygen atoms in total. The van der Waals surface area contributed by atoms with Gasteiger partial charge in [0.25, 0.3) is 0 Å². The second-order valence-corrected chi connectivity index (χ2v) is 7.87. The van der Waals surface area contributed by atoms with Crippen molar-refractivity contribution in [1.82, 2.24) is 4.90 Å². The highest BCUT2D eigenvalue weighted by Crippen LogP contribution is 2.34. The molecule has 3 aromatic rings. The van der Waals surface area contributed by atoms with Crippen LogP contribution >= 0.6 is 0 Å². The molecule has 0 unspecified atom stereocenters. The Labute approximate surface area is 182 Å². The number of hydrogen-bond donors (Lipinski definition) is 0. The number of fused-ring (bicyclic) bond motifs is 1. The lowest BCUT2D eigenvalue weighted by molar-refractivity contribution is 0.183. The van der Waals surface area contributed by atoms with Crippen LogP contribution in [0.3, 0.4) is 0 Å². The van der Waals surface area contributed by atoms with Gasteiger partial charge in [-0.2, -0.15) is 0 Å². The largest absolute Gasteiger partial charge is 0.493 e. The van der Waals surface area contributed by atoms with E-state index in [0.29, 0.717) is 35.0 Å². The van der Waals surface area contributed by atoms with Gasteiger partial charge in [0.1, 0.15) is 17.9 Å². The van der Waals surface area contributed by atoms with Gasteiger partial charge in [0, 0.05) is 18.0 Å². The van der Waals surface area contributed by atoms with Gasteiger partial charge < -0.3 is 18.6 Å². The van der Waals surface area contributed by atoms with Crippen molar-refractivity contribution in [2.45, 2.75) is 26.2 Å². The summed E-state index contributed by atoms with van der Waals surface area (Å²) in [5.41, 5.74) is 2.25. The highest BCUT2D eigenvalue weighted by molar-refractivity contribution is 5.87. The van der Waals surface area contributed by atoms with E-state index in [2.05, 4.69) is 4.90 Å². The van der Waals surface area contributed by atoms with Gasteiger partial charge in [-0.1, -0.05) is 12.5 Å². The van der Waals surface area contributed by atoms with Crippen LogP contribution in [0.5, 0.6) is 17.2 Å². The minimum absolute atomic E-state index is 0.386. The first kappa shape index (κ1) is 21.2. The van der Waals surface area contributed by atoms with Crippen molar-refractivity contribution in [1.29, 1.82) is 0 Å². The fourth-order valence-corrected chi connectivity index (χ4v) is 4.23. The van der Waals surface area contributed by atoms with Gasteiger partial charge in [-0.15, -0.1) is 0 Å². The molecule has 164 valence electrons. The molecule has 1 fully saturated rings. The lowest BCUT2D eigenvalue weighted by Crippen LogP contribution is -2.33. The third-order valence-electron chi connectivity index (χ3n) is 5.94. The Hall–Kier alpha value is -2.99. The summed E-state index contributed by atoms with van der Waals surface area (Å²) in [5, 5.41) is 0.882. The normalized spacial score (nSPS) is 14.5. The third kappa shape index (κ3) is 4.54. The first-order valence-corrected chi connectivity index (χ1v) is 10.8. The first-order chi connectivity index (χ1) is 15.1. The van der Waals surface area contributed by atoms with E-state index in [0.717, 1.165) is 36.1 Å². The molecule has 1 saturated heterocycles. The van der Waals surface area contributed by atoms with Crippen LogP contribution in [0.15, 0.2) is 45.6 Å². The maximum atomic E-state index is 12.9. The lowest BCUT2D eigenvalue weighted by Gasteiger charge is -2.26. The van der Waals surface area contributed by atoms with Gasteiger partial charge in [0.15, 0.2) is 11.5 Å². The Kier molecular flexibility index (Phi) is 6.47. The number of likely N-dealkylation sites (tertiary alicyclic amines) is 1. The zero-order chi connectivity index (χ0) is 21.8. The summed E-state index contributed by atoms with van der Waals surface area (Å²) in [6, 6.07) is 11.1. The maximum Gasteiger partial charge on any atom is 0.344 e. The van der Waals surface area contributed by atoms with Crippen LogP contribution in [0, 0.1) is 6.92 Å². The Morgan fingerprint density at radius 3 is 2.48 bits per heavy atom. The van der Waals surface area contributed by atoms with E-state index in [1.807, 2.05) is 25.1 Å². The monoisotopic (exact) mass is 423 g/mol. The van der Waals surface area contributed by atoms with E-state index in [1.165, 1.54) is 19.3 Å². The van der Waals surface area contributed by atoms with Crippen LogP contribution in [0.25, 0.3) is 22.1 Å². The predicted octanol–water partition coefficient (Wildman–Crippen LogP) is 4.65. The summed E-state index contributed by atoms with van der Waals surface area (Å²) in [7, 11) is 3.16. The molecule has 0 spiro atoms. The average molecular weight is 424 g/mol. The van der Waals surface area contributed by atoms with Gasteiger partial charge in [-0.25, -0.2) is 4.79 Å². The van der Waals surface area contributed by atoms with Crippen LogP contribution in [0.2, 0.25) is 0 Å². The molecule has 4 rings (SSSR count). The Bertz CT molecular complexity index is 1110. The van der Waals surface area contributed by atoms with E-state index in [9.17, 15) is 4.79 Å². The Balaban J connectivity index is 1.59. The number of methoxy groups -OCH3 is 2. The van der Waals surface area contributed by atoms with E-state index in [1.54, 1.807) is 32.4 Å². The number of aryl methyl sites for hydroxylation is 1. The molecule has 2 aromatic carbocycles. The summed E-state index contributed by atoms with van der Waals surface area (Å²) >= 11 is 0. The molecule has 0 N–H and O–H groups in total. The summed E-state index contributed by atoms with van der Waals surface area (Å²) in [4.78, 5) is 15.3. The highest BCUT2D eigenvalue weighted by atomic mass is 16.5. The molecular weight excluding hydrogens is 394 g/mol. The summed E-state index contributed by atoms with van der Waals surface area (Å²) in [6.07, 6.45) is 3.86. The average Bonchev–Trinajstić information content (AvgIpc) is 2.79. The second kappa shape index (κ2) is 9.43. The van der Waals surface area contributed by atoms with Crippen molar-refractivity contribution in [3.63, 3.8) is 0 Å². The second-order valence-electron chi connectivity index (χ2n) is 7.87. The van der Waals surface area contributed by atoms with Crippen LogP contribution in [0.1, 0.15) is 24.8 Å². The number of benzene rings is 2. The molecule has 0 aliphatic carbocycles. The van der Waals surface area contributed by atoms with Crippen molar-refractivity contribution >= 4 is 11.0 Å². The fourth-order valence-electron chi connectivity index (χ4n) is 4.23. The number of hydrogen-bond acceptors (Lipinski definition) is 6. The quantitative estimate of drug-likeness (QED) is 0.516. The Morgan fingerprint density at radius 2 is 1.74 bits per heavy atom. The van der Waals surface area contributed by atoms with E-state index in [-0.39, 0.29) is 5.63 Å². The molecule has 31 heavy (non-hydrogen) atoms. The fraction of sp³-hybridized carbons (Fsp3) is 0.400. The van der Waals surface area contributed by atoms with Crippen molar-refractivity contribution in [3.8, 4) is 28.4 Å². The molecule has 0 radical (unpaired) electrons. The number of nitrogens with zero attached hydrogens (tertiary/aromatic N) is 1. The first-order valence-electron chi connectivity index (χ1n) is 10.8. The number of rotatable bonds is 7. The highest BCUT2D eigenvalue weighted by Gasteiger charge is 2.16. The zero-order valence-corrected chi connectivity index (χ0v) is 18.4. The van der Waals surface area contributed by atoms with Crippen molar-refractivity contribution < 1.29 is 18.6 Å². The topological polar surface area (TPSA) is 61.1 Å². The number of ether oxygens (including phenoxy) is 3. The van der Waals surface area contributed by atoms with Crippen LogP contribution in [0.4, 0.5) is 0 Å². The molecule has 0 atom stereocenters. The standard InChI is InChI=1S/C25H29NO5/c1-17-20-9-8-19(30-14-13-26-11-5-4-6-12-26)16-22(20)31-25(27)24(17)18-7-10-21(28-2)23(15-18)29-3/h7-10,15-16H,4-6,11-14H2,1-3H3. The SMILES string of the molecule is COc1ccc(-c2c(C)c3ccc(OCCN4CCCCC4)cc3oc2=O)cc1OC. The van der Waals surface area contributed by atoms with Crippen LogP contribution < -0.4 is 19.8 Å². The minimum Gasteiger partial charge on any atom is -0.493 e. The zero-order valence-electron chi connectivity index (χ0n) is 18.4. The van der Waals surface area contributed by atoms with Crippen molar-refractivity contribution in [3.05, 3.63) is 52.4 Å². The van der Waals surface area contributed by atoms with Gasteiger partial charge in [-0.05, 0) is 68.2 Å². The molecule has 0 amide bonds. The molecule has 1 aliphatic heterocycles. The predicted molar refractivity (Wildman–Crippen MR) is 122 cm³/mol. The van der Waals surface area contributed by atoms with Crippen LogP contribution in [-0.2, 0) is 0 Å². The smallest absolute Gasteiger partial charge is 0.344 e. The van der Waals surface area contributed by atoms with Crippen molar-refractivity contribution in [2.24, 2.45) is 0 Å². The van der Waals surface area contributed by atoms with Crippen LogP contribution in [-0.4, -0.2) is 45.4 Å². The molecule has 6 heteroatoms. The van der Waals surface area contributed by atoms with Gasteiger partial charge in [-0.3, -0.25) is 4.90 Å². The minimum atomic E-state index is -0.386. The summed E-state index contributed by atoms with van der Waals surface area (Å²) < 4.78 is 22.3. The van der Waals surface area contributed by atoms with E-state index < -0.39 is 0 Å². The molecule has 1 aromatic heterocycles. The third-order valence-corrected chi connectivity index (χ3v) is 5.94.